The molecule has 0 aliphatic heterocycles. The highest BCUT2D eigenvalue weighted by molar-refractivity contribution is 5.76. The van der Waals surface area contributed by atoms with Gasteiger partial charge in [-0.3, -0.25) is 4.79 Å². The molecule has 2 heterocycles. The molecular weight excluding hydrogens is 293 g/mol. The summed E-state index contributed by atoms with van der Waals surface area (Å²) < 4.78 is 15.4. The fourth-order valence-electron chi connectivity index (χ4n) is 2.48. The third-order valence-corrected chi connectivity index (χ3v) is 3.70. The summed E-state index contributed by atoms with van der Waals surface area (Å²) in [6.07, 6.45) is 5.27. The van der Waals surface area contributed by atoms with Crippen LogP contribution in [0.3, 0.4) is 0 Å². The minimum atomic E-state index is -0.259. The summed E-state index contributed by atoms with van der Waals surface area (Å²) in [7, 11) is 0. The van der Waals surface area contributed by atoms with Crippen LogP contribution in [0.15, 0.2) is 54.9 Å². The Bertz CT molecular complexity index is 780. The lowest BCUT2D eigenvalue weighted by molar-refractivity contribution is -0.121. The largest absolute Gasteiger partial charge is 0.356 e. The van der Waals surface area contributed by atoms with E-state index in [1.54, 1.807) is 18.2 Å². The Morgan fingerprint density at radius 2 is 1.96 bits per heavy atom. The third-order valence-electron chi connectivity index (χ3n) is 3.70. The third kappa shape index (κ3) is 3.94. The second-order valence-electron chi connectivity index (χ2n) is 5.39. The molecule has 4 nitrogen and oxygen atoms in total. The van der Waals surface area contributed by atoms with Gasteiger partial charge in [-0.15, -0.1) is 0 Å². The van der Waals surface area contributed by atoms with Crippen molar-refractivity contribution in [3.8, 4) is 0 Å². The summed E-state index contributed by atoms with van der Waals surface area (Å²) in [5.41, 5.74) is 2.40. The molecular formula is C18H18FN3O. The van der Waals surface area contributed by atoms with Crippen LogP contribution < -0.4 is 5.32 Å². The van der Waals surface area contributed by atoms with Gasteiger partial charge < -0.3 is 9.72 Å². The number of carbonyl (C=O) groups is 1. The lowest BCUT2D eigenvalue weighted by Crippen LogP contribution is -2.26. The number of nitrogens with one attached hydrogen (secondary N) is 1. The number of aryl methyl sites for hydroxylation is 1. The van der Waals surface area contributed by atoms with Crippen molar-refractivity contribution in [2.45, 2.75) is 19.3 Å². The molecule has 3 aromatic rings. The lowest BCUT2D eigenvalue weighted by Gasteiger charge is -2.05. The van der Waals surface area contributed by atoms with Crippen molar-refractivity contribution >= 4 is 11.6 Å². The van der Waals surface area contributed by atoms with Crippen molar-refractivity contribution in [2.24, 2.45) is 0 Å². The number of amides is 1. The molecule has 1 N–H and O–H groups in total. The van der Waals surface area contributed by atoms with Gasteiger partial charge in [0.1, 0.15) is 11.5 Å². The van der Waals surface area contributed by atoms with Gasteiger partial charge in [0, 0.05) is 31.8 Å². The molecule has 23 heavy (non-hydrogen) atoms. The van der Waals surface area contributed by atoms with Gasteiger partial charge in [0.15, 0.2) is 0 Å². The predicted molar refractivity (Wildman–Crippen MR) is 86.6 cm³/mol. The zero-order valence-corrected chi connectivity index (χ0v) is 12.7. The van der Waals surface area contributed by atoms with E-state index in [1.165, 1.54) is 6.07 Å². The van der Waals surface area contributed by atoms with E-state index in [1.807, 2.05) is 35.0 Å². The normalized spacial score (nSPS) is 10.8. The number of pyridine rings is 1. The highest BCUT2D eigenvalue weighted by Gasteiger charge is 2.06. The zero-order chi connectivity index (χ0) is 16.1. The van der Waals surface area contributed by atoms with Crippen LogP contribution in [-0.2, 0) is 17.6 Å². The van der Waals surface area contributed by atoms with Crippen molar-refractivity contribution in [2.75, 3.05) is 6.54 Å². The lowest BCUT2D eigenvalue weighted by atomic mass is 10.1. The minimum absolute atomic E-state index is 0.0722. The van der Waals surface area contributed by atoms with Gasteiger partial charge in [-0.25, -0.2) is 9.37 Å². The number of halogens is 1. The molecule has 5 heteroatoms. The van der Waals surface area contributed by atoms with Crippen molar-refractivity contribution in [1.29, 1.82) is 0 Å². The van der Waals surface area contributed by atoms with Gasteiger partial charge in [0.25, 0.3) is 0 Å². The smallest absolute Gasteiger partial charge is 0.220 e. The maximum atomic E-state index is 13.5. The molecule has 0 aliphatic carbocycles. The average molecular weight is 311 g/mol. The molecule has 0 bridgehead atoms. The van der Waals surface area contributed by atoms with E-state index in [9.17, 15) is 9.18 Å². The summed E-state index contributed by atoms with van der Waals surface area (Å²) in [5.74, 6) is -0.331. The monoisotopic (exact) mass is 311 g/mol. The number of fused-ring (bicyclic) bond motifs is 1. The van der Waals surface area contributed by atoms with Gasteiger partial charge in [-0.2, -0.15) is 0 Å². The Kier molecular flexibility index (Phi) is 4.66. The summed E-state index contributed by atoms with van der Waals surface area (Å²) in [5, 5.41) is 2.85. The highest BCUT2D eigenvalue weighted by atomic mass is 19.1. The second kappa shape index (κ2) is 7.05. The molecule has 1 amide bonds. The van der Waals surface area contributed by atoms with Crippen molar-refractivity contribution in [1.82, 2.24) is 14.7 Å². The molecule has 0 spiro atoms. The topological polar surface area (TPSA) is 46.4 Å². The van der Waals surface area contributed by atoms with E-state index in [2.05, 4.69) is 10.3 Å². The van der Waals surface area contributed by atoms with Crippen LogP contribution in [0.25, 0.3) is 5.65 Å². The Morgan fingerprint density at radius 3 is 2.78 bits per heavy atom. The molecule has 0 aliphatic rings. The van der Waals surface area contributed by atoms with Gasteiger partial charge in [0.2, 0.25) is 5.91 Å². The van der Waals surface area contributed by atoms with E-state index in [4.69, 9.17) is 0 Å². The summed E-state index contributed by atoms with van der Waals surface area (Å²) in [4.78, 5) is 16.3. The van der Waals surface area contributed by atoms with E-state index in [0.29, 0.717) is 24.9 Å². The first-order chi connectivity index (χ1) is 11.2. The first-order valence-corrected chi connectivity index (χ1v) is 7.65. The van der Waals surface area contributed by atoms with Crippen LogP contribution in [0, 0.1) is 5.82 Å². The number of carbonyl (C=O) groups excluding carboxylic acids is 1. The Labute approximate surface area is 134 Å². The molecule has 0 radical (unpaired) electrons. The van der Waals surface area contributed by atoms with E-state index in [-0.39, 0.29) is 18.1 Å². The van der Waals surface area contributed by atoms with Crippen LogP contribution >= 0.6 is 0 Å². The average Bonchev–Trinajstić information content (AvgIpc) is 2.97. The highest BCUT2D eigenvalue weighted by Crippen LogP contribution is 2.09. The summed E-state index contributed by atoms with van der Waals surface area (Å²) in [6, 6.07) is 12.4. The molecule has 0 unspecified atom stereocenters. The van der Waals surface area contributed by atoms with E-state index >= 15 is 0 Å². The van der Waals surface area contributed by atoms with Gasteiger partial charge in [-0.1, -0.05) is 24.3 Å². The number of imidazole rings is 1. The molecule has 0 saturated heterocycles. The fourth-order valence-corrected chi connectivity index (χ4v) is 2.48. The van der Waals surface area contributed by atoms with Crippen LogP contribution in [-0.4, -0.2) is 21.8 Å². The van der Waals surface area contributed by atoms with Crippen LogP contribution in [0.1, 0.15) is 17.7 Å². The van der Waals surface area contributed by atoms with Gasteiger partial charge in [0.05, 0.1) is 5.69 Å². The standard InChI is InChI=1S/C18H18FN3O/c19-16-6-2-1-5-14(16)8-9-18(23)20-11-10-15-13-22-12-4-3-7-17(22)21-15/h1-7,12-13H,8-11H2,(H,20,23). The van der Waals surface area contributed by atoms with Crippen molar-refractivity contribution < 1.29 is 9.18 Å². The number of nitrogens with zero attached hydrogens (tertiary/aromatic N) is 2. The quantitative estimate of drug-likeness (QED) is 0.761. The molecule has 3 rings (SSSR count). The molecule has 2 aromatic heterocycles. The van der Waals surface area contributed by atoms with Gasteiger partial charge >= 0.3 is 0 Å². The van der Waals surface area contributed by atoms with Crippen LogP contribution in [0.2, 0.25) is 0 Å². The summed E-state index contributed by atoms with van der Waals surface area (Å²) >= 11 is 0. The first-order valence-electron chi connectivity index (χ1n) is 7.65. The van der Waals surface area contributed by atoms with E-state index < -0.39 is 0 Å². The van der Waals surface area contributed by atoms with Crippen LogP contribution in [0.5, 0.6) is 0 Å². The number of hydrogen-bond acceptors (Lipinski definition) is 2. The zero-order valence-electron chi connectivity index (χ0n) is 12.7. The number of benzene rings is 1. The Hall–Kier alpha value is -2.69. The number of aromatic nitrogens is 2. The van der Waals surface area contributed by atoms with Crippen molar-refractivity contribution in [3.05, 3.63) is 71.9 Å². The van der Waals surface area contributed by atoms with Crippen LogP contribution in [0.4, 0.5) is 4.39 Å². The molecule has 0 saturated carbocycles. The molecule has 0 fully saturated rings. The second-order valence-corrected chi connectivity index (χ2v) is 5.39. The van der Waals surface area contributed by atoms with Crippen molar-refractivity contribution in [3.63, 3.8) is 0 Å². The maximum absolute atomic E-state index is 13.5. The SMILES string of the molecule is O=C(CCc1ccccc1F)NCCc1cn2ccccc2n1. The van der Waals surface area contributed by atoms with E-state index in [0.717, 1.165) is 11.3 Å². The molecule has 118 valence electrons. The maximum Gasteiger partial charge on any atom is 0.220 e. The number of rotatable bonds is 6. The summed E-state index contributed by atoms with van der Waals surface area (Å²) in [6.45, 7) is 0.528. The fraction of sp³-hybridized carbons (Fsp3) is 0.222. The molecule has 0 atom stereocenters. The Balaban J connectivity index is 1.45. The van der Waals surface area contributed by atoms with Gasteiger partial charge in [-0.05, 0) is 30.2 Å². The predicted octanol–water partition coefficient (Wildman–Crippen LogP) is 2.76. The Morgan fingerprint density at radius 1 is 1.13 bits per heavy atom. The first kappa shape index (κ1) is 15.2. The number of hydrogen-bond donors (Lipinski definition) is 1. The minimum Gasteiger partial charge on any atom is -0.356 e. The molecule has 1 aromatic carbocycles.